The van der Waals surface area contributed by atoms with Crippen LogP contribution in [0.15, 0.2) is 60.8 Å². The number of aliphatic carboxylic acids is 1. The van der Waals surface area contributed by atoms with Gasteiger partial charge in [-0.25, -0.2) is 4.79 Å². The van der Waals surface area contributed by atoms with Crippen LogP contribution < -0.4 is 33.2 Å². The predicted molar refractivity (Wildman–Crippen MR) is 165 cm³/mol. The molecule has 0 spiro atoms. The molecule has 0 aliphatic heterocycles. The van der Waals surface area contributed by atoms with Crippen LogP contribution in [-0.2, 0) is 36.8 Å². The Bertz CT molecular complexity index is 1430. The number of aromatic amines is 1. The Morgan fingerprint density at radius 2 is 1.39 bits per heavy atom. The summed E-state index contributed by atoms with van der Waals surface area (Å²) < 4.78 is 0. The molecule has 11 N–H and O–H groups in total. The fourth-order valence-electron chi connectivity index (χ4n) is 4.82. The molecule has 3 rings (SSSR count). The van der Waals surface area contributed by atoms with E-state index in [4.69, 9.17) is 17.2 Å². The van der Waals surface area contributed by atoms with Crippen LogP contribution >= 0.6 is 0 Å². The summed E-state index contributed by atoms with van der Waals surface area (Å²) in [6.07, 6.45) is 2.79. The monoisotopic (exact) mass is 607 g/mol. The van der Waals surface area contributed by atoms with Crippen molar-refractivity contribution in [1.82, 2.24) is 20.9 Å². The van der Waals surface area contributed by atoms with Gasteiger partial charge in [-0.05, 0) is 55.8 Å². The number of carbonyl (C=O) groups excluding carboxylic acids is 4. The van der Waals surface area contributed by atoms with Crippen LogP contribution in [0.4, 0.5) is 0 Å². The number of fused-ring (bicyclic) bond motifs is 1. The average Bonchev–Trinajstić information content (AvgIpc) is 3.41. The minimum Gasteiger partial charge on any atom is -0.480 e. The van der Waals surface area contributed by atoms with Crippen molar-refractivity contribution < 1.29 is 29.1 Å². The number of nitrogens with two attached hydrogens (primary N) is 3. The van der Waals surface area contributed by atoms with Crippen molar-refractivity contribution in [1.29, 1.82) is 0 Å². The molecule has 13 heteroatoms. The molecule has 4 amide bonds. The van der Waals surface area contributed by atoms with E-state index in [1.807, 2.05) is 54.6 Å². The molecule has 0 bridgehead atoms. The summed E-state index contributed by atoms with van der Waals surface area (Å²) in [5.74, 6) is -4.02. The van der Waals surface area contributed by atoms with Gasteiger partial charge in [-0.15, -0.1) is 0 Å². The maximum Gasteiger partial charge on any atom is 0.326 e. The Labute approximate surface area is 255 Å². The Morgan fingerprint density at radius 1 is 0.773 bits per heavy atom. The molecule has 0 saturated heterocycles. The molecule has 3 aromatic rings. The molecule has 2 aromatic carbocycles. The van der Waals surface area contributed by atoms with Crippen LogP contribution in [0, 0.1) is 0 Å². The molecule has 4 atom stereocenters. The summed E-state index contributed by atoms with van der Waals surface area (Å²) in [4.78, 5) is 66.5. The lowest BCUT2D eigenvalue weighted by Crippen LogP contribution is -2.57. The van der Waals surface area contributed by atoms with Gasteiger partial charge in [0.05, 0.1) is 6.04 Å². The quantitative estimate of drug-likeness (QED) is 0.0929. The molecule has 0 fully saturated rings. The highest BCUT2D eigenvalue weighted by Crippen LogP contribution is 2.19. The van der Waals surface area contributed by atoms with E-state index in [1.54, 1.807) is 6.20 Å². The van der Waals surface area contributed by atoms with E-state index in [2.05, 4.69) is 20.9 Å². The van der Waals surface area contributed by atoms with E-state index < -0.39 is 53.8 Å². The van der Waals surface area contributed by atoms with Gasteiger partial charge in [0.1, 0.15) is 18.1 Å². The van der Waals surface area contributed by atoms with Crippen molar-refractivity contribution in [3.63, 3.8) is 0 Å². The van der Waals surface area contributed by atoms with E-state index in [0.717, 1.165) is 16.5 Å². The number of carboxylic acid groups (broad SMARTS) is 1. The number of nitrogens with one attached hydrogen (secondary N) is 4. The standard InChI is InChI=1S/C31H41N7O6/c32-15-7-6-12-24(36-28(40)22(33)16-19-8-2-1-3-9-19)29(41)37-25(13-14-27(34)39)30(42)38-26(31(43)44)17-20-18-35-23-11-5-4-10-21(20)23/h1-5,8-11,18,22,24-26,35H,6-7,12-17,32-33H2,(H2,34,39)(H,36,40)(H,37,41)(H,38,42)(H,43,44). The number of primary amides is 1. The summed E-state index contributed by atoms with van der Waals surface area (Å²) in [5.41, 5.74) is 19.4. The Balaban J connectivity index is 1.73. The zero-order chi connectivity index (χ0) is 32.1. The zero-order valence-electron chi connectivity index (χ0n) is 24.5. The Morgan fingerprint density at radius 3 is 2.05 bits per heavy atom. The van der Waals surface area contributed by atoms with Crippen LogP contribution in [0.25, 0.3) is 10.9 Å². The van der Waals surface area contributed by atoms with E-state index in [1.165, 1.54) is 0 Å². The van der Waals surface area contributed by atoms with Gasteiger partial charge in [0.2, 0.25) is 23.6 Å². The maximum absolute atomic E-state index is 13.4. The minimum absolute atomic E-state index is 0.0291. The lowest BCUT2D eigenvalue weighted by atomic mass is 10.0. The smallest absolute Gasteiger partial charge is 0.326 e. The molecule has 236 valence electrons. The second-order valence-corrected chi connectivity index (χ2v) is 10.7. The number of aromatic nitrogens is 1. The number of H-pyrrole nitrogens is 1. The number of carboxylic acids is 1. The highest BCUT2D eigenvalue weighted by molar-refractivity contribution is 5.94. The first-order chi connectivity index (χ1) is 21.1. The average molecular weight is 608 g/mol. The normalized spacial score (nSPS) is 13.8. The van der Waals surface area contributed by atoms with Crippen molar-refractivity contribution in [2.75, 3.05) is 6.54 Å². The third-order valence-electron chi connectivity index (χ3n) is 7.24. The van der Waals surface area contributed by atoms with Crippen LogP contribution in [0.1, 0.15) is 43.2 Å². The SMILES string of the molecule is NCCCCC(NC(=O)C(N)Cc1ccccc1)C(=O)NC(CCC(N)=O)C(=O)NC(Cc1c[nH]c2ccccc12)C(=O)O. The summed E-state index contributed by atoms with van der Waals surface area (Å²) in [6, 6.07) is 11.9. The van der Waals surface area contributed by atoms with E-state index in [0.29, 0.717) is 24.9 Å². The molecule has 44 heavy (non-hydrogen) atoms. The van der Waals surface area contributed by atoms with Crippen LogP contribution in [-0.4, -0.2) is 70.4 Å². The number of rotatable bonds is 18. The van der Waals surface area contributed by atoms with Gasteiger partial charge in [-0.3, -0.25) is 19.2 Å². The van der Waals surface area contributed by atoms with Crippen LogP contribution in [0.3, 0.4) is 0 Å². The van der Waals surface area contributed by atoms with Crippen molar-refractivity contribution in [3.8, 4) is 0 Å². The van der Waals surface area contributed by atoms with Crippen molar-refractivity contribution in [2.45, 2.75) is 69.1 Å². The zero-order valence-corrected chi connectivity index (χ0v) is 24.5. The van der Waals surface area contributed by atoms with Gasteiger partial charge in [0, 0.05) is 29.9 Å². The third kappa shape index (κ3) is 10.2. The highest BCUT2D eigenvalue weighted by atomic mass is 16.4. The number of unbranched alkanes of at least 4 members (excludes halogenated alkanes) is 1. The van der Waals surface area contributed by atoms with E-state index >= 15 is 0 Å². The predicted octanol–water partition coefficient (Wildman–Crippen LogP) is 0.214. The lowest BCUT2D eigenvalue weighted by Gasteiger charge is -2.25. The Hall–Kier alpha value is -4.75. The van der Waals surface area contributed by atoms with Crippen molar-refractivity contribution >= 4 is 40.5 Å². The topological polar surface area (TPSA) is 236 Å². The molecule has 0 aliphatic rings. The van der Waals surface area contributed by atoms with Crippen LogP contribution in [0.2, 0.25) is 0 Å². The molecular formula is C31H41N7O6. The number of hydrogen-bond donors (Lipinski definition) is 8. The van der Waals surface area contributed by atoms with Gasteiger partial charge in [0.25, 0.3) is 0 Å². The number of amides is 4. The van der Waals surface area contributed by atoms with Crippen molar-refractivity contribution in [3.05, 3.63) is 71.9 Å². The number of carbonyl (C=O) groups is 5. The first-order valence-electron chi connectivity index (χ1n) is 14.6. The molecular weight excluding hydrogens is 566 g/mol. The third-order valence-corrected chi connectivity index (χ3v) is 7.24. The second kappa shape index (κ2) is 16.8. The summed E-state index contributed by atoms with van der Waals surface area (Å²) in [5, 5.41) is 18.4. The van der Waals surface area contributed by atoms with Crippen molar-refractivity contribution in [2.24, 2.45) is 17.2 Å². The van der Waals surface area contributed by atoms with Gasteiger partial charge >= 0.3 is 5.97 Å². The lowest BCUT2D eigenvalue weighted by molar-refractivity contribution is -0.142. The van der Waals surface area contributed by atoms with Crippen LogP contribution in [0.5, 0.6) is 0 Å². The fourth-order valence-corrected chi connectivity index (χ4v) is 4.82. The minimum atomic E-state index is -1.33. The van der Waals surface area contributed by atoms with Gasteiger partial charge < -0.3 is 43.2 Å². The molecule has 1 aromatic heterocycles. The molecule has 13 nitrogen and oxygen atoms in total. The molecule has 4 unspecified atom stereocenters. The van der Waals surface area contributed by atoms with Gasteiger partial charge in [-0.2, -0.15) is 0 Å². The largest absolute Gasteiger partial charge is 0.480 e. The molecule has 0 aliphatic carbocycles. The summed E-state index contributed by atoms with van der Waals surface area (Å²) >= 11 is 0. The summed E-state index contributed by atoms with van der Waals surface area (Å²) in [6.45, 7) is 0.381. The Kier molecular flexibility index (Phi) is 12.9. The number of benzene rings is 2. The second-order valence-electron chi connectivity index (χ2n) is 10.7. The van der Waals surface area contributed by atoms with Gasteiger partial charge in [0.15, 0.2) is 0 Å². The number of hydrogen-bond acceptors (Lipinski definition) is 7. The molecule has 1 heterocycles. The number of para-hydroxylation sites is 1. The maximum atomic E-state index is 13.4. The first-order valence-corrected chi connectivity index (χ1v) is 14.6. The van der Waals surface area contributed by atoms with Gasteiger partial charge in [-0.1, -0.05) is 48.5 Å². The highest BCUT2D eigenvalue weighted by Gasteiger charge is 2.31. The fraction of sp³-hybridized carbons (Fsp3) is 0.387. The first kappa shape index (κ1) is 33.7. The summed E-state index contributed by atoms with van der Waals surface area (Å²) in [7, 11) is 0. The van der Waals surface area contributed by atoms with E-state index in [9.17, 15) is 29.1 Å². The van der Waals surface area contributed by atoms with E-state index in [-0.39, 0.29) is 32.1 Å². The molecule has 0 saturated carbocycles. The molecule has 0 radical (unpaired) electrons.